The molecule has 0 amide bonds. The molecule has 0 fully saturated rings. The maximum atomic E-state index is 2.52. The van der Waals surface area contributed by atoms with Crippen LogP contribution >= 0.6 is 0 Å². The van der Waals surface area contributed by atoms with Crippen molar-refractivity contribution in [3.05, 3.63) is 247 Å². The summed E-state index contributed by atoms with van der Waals surface area (Å²) >= 11 is 0. The Bertz CT molecular complexity index is 3150. The first-order chi connectivity index (χ1) is 29.2. The number of rotatable bonds is 7. The Hall–Kier alpha value is -7.48. The van der Waals surface area contributed by atoms with Crippen molar-refractivity contribution in [3.8, 4) is 44.5 Å². The van der Waals surface area contributed by atoms with E-state index in [1.165, 1.54) is 88.4 Å². The summed E-state index contributed by atoms with van der Waals surface area (Å²) in [5.41, 5.74) is 16.7. The summed E-state index contributed by atoms with van der Waals surface area (Å²) < 4.78 is 0. The van der Waals surface area contributed by atoms with E-state index in [-0.39, 0.29) is 0 Å². The topological polar surface area (TPSA) is 3.24 Å². The van der Waals surface area contributed by atoms with Crippen LogP contribution in [-0.4, -0.2) is 0 Å². The number of fused-ring (bicyclic) bond motifs is 6. The van der Waals surface area contributed by atoms with Crippen molar-refractivity contribution in [2.75, 3.05) is 4.90 Å². The van der Waals surface area contributed by atoms with Crippen LogP contribution in [-0.2, 0) is 5.41 Å². The Morgan fingerprint density at radius 3 is 1.56 bits per heavy atom. The molecule has 0 spiro atoms. The maximum absolute atomic E-state index is 2.52. The third kappa shape index (κ3) is 5.62. The van der Waals surface area contributed by atoms with E-state index in [0.29, 0.717) is 0 Å². The molecule has 1 aliphatic carbocycles. The van der Waals surface area contributed by atoms with Crippen molar-refractivity contribution in [3.63, 3.8) is 0 Å². The van der Waals surface area contributed by atoms with Crippen molar-refractivity contribution in [1.82, 2.24) is 0 Å². The zero-order chi connectivity index (χ0) is 39.3. The van der Waals surface area contributed by atoms with Crippen LogP contribution in [0.15, 0.2) is 231 Å². The Morgan fingerprint density at radius 1 is 0.339 bits per heavy atom. The maximum Gasteiger partial charge on any atom is 0.0512 e. The van der Waals surface area contributed by atoms with Crippen molar-refractivity contribution < 1.29 is 0 Å². The molecule has 0 aromatic heterocycles. The number of nitrogens with zero attached hydrogens (tertiary/aromatic N) is 1. The minimum absolute atomic E-state index is 0.401. The first-order valence-corrected chi connectivity index (χ1v) is 20.5. The number of benzene rings is 10. The van der Waals surface area contributed by atoms with Gasteiger partial charge in [-0.05, 0) is 120 Å². The minimum atomic E-state index is -0.401. The van der Waals surface area contributed by atoms with E-state index in [0.717, 1.165) is 11.4 Å². The van der Waals surface area contributed by atoms with E-state index in [2.05, 4.69) is 242 Å². The summed E-state index contributed by atoms with van der Waals surface area (Å²) in [6.45, 7) is 2.42. The lowest BCUT2D eigenvalue weighted by Crippen LogP contribution is -2.25. The summed E-state index contributed by atoms with van der Waals surface area (Å²) in [5, 5.41) is 4.96. The minimum Gasteiger partial charge on any atom is -0.310 e. The van der Waals surface area contributed by atoms with E-state index in [4.69, 9.17) is 0 Å². The van der Waals surface area contributed by atoms with Crippen LogP contribution in [0.3, 0.4) is 0 Å². The highest BCUT2D eigenvalue weighted by molar-refractivity contribution is 6.22. The molecule has 10 aromatic rings. The third-order valence-corrected chi connectivity index (χ3v) is 12.5. The highest BCUT2D eigenvalue weighted by atomic mass is 15.1. The lowest BCUT2D eigenvalue weighted by atomic mass is 9.73. The van der Waals surface area contributed by atoms with Gasteiger partial charge in [0.1, 0.15) is 0 Å². The molecular formula is C58H41N. The fraction of sp³-hybridized carbons (Fsp3) is 0.0345. The van der Waals surface area contributed by atoms with Gasteiger partial charge >= 0.3 is 0 Å². The zero-order valence-electron chi connectivity index (χ0n) is 32.9. The number of hydrogen-bond acceptors (Lipinski definition) is 1. The second kappa shape index (κ2) is 14.2. The van der Waals surface area contributed by atoms with Gasteiger partial charge in [0, 0.05) is 16.8 Å². The van der Waals surface area contributed by atoms with Crippen LogP contribution in [0.25, 0.3) is 66.1 Å². The molecule has 278 valence electrons. The average molecular weight is 752 g/mol. The van der Waals surface area contributed by atoms with Gasteiger partial charge in [0.05, 0.1) is 5.69 Å². The molecule has 0 radical (unpaired) electrons. The molecule has 1 unspecified atom stereocenters. The molecule has 1 heteroatoms. The van der Waals surface area contributed by atoms with Crippen molar-refractivity contribution in [2.45, 2.75) is 12.3 Å². The Morgan fingerprint density at radius 2 is 0.847 bits per heavy atom. The molecule has 0 N–H and O–H groups in total. The smallest absolute Gasteiger partial charge is 0.0512 e. The summed E-state index contributed by atoms with van der Waals surface area (Å²) in [7, 11) is 0. The highest BCUT2D eigenvalue weighted by Crippen LogP contribution is 2.57. The third-order valence-electron chi connectivity index (χ3n) is 12.5. The lowest BCUT2D eigenvalue weighted by Gasteiger charge is -2.35. The number of hydrogen-bond donors (Lipinski definition) is 0. The predicted molar refractivity (Wildman–Crippen MR) is 250 cm³/mol. The van der Waals surface area contributed by atoms with Crippen LogP contribution in [0.4, 0.5) is 17.1 Å². The summed E-state index contributed by atoms with van der Waals surface area (Å²) in [6.07, 6.45) is 0. The molecule has 0 aliphatic heterocycles. The van der Waals surface area contributed by atoms with Crippen LogP contribution in [0.1, 0.15) is 23.6 Å². The molecule has 0 saturated carbocycles. The van der Waals surface area contributed by atoms with Crippen molar-refractivity contribution in [2.24, 2.45) is 0 Å². The van der Waals surface area contributed by atoms with Crippen LogP contribution in [0.2, 0.25) is 0 Å². The van der Waals surface area contributed by atoms with E-state index in [9.17, 15) is 0 Å². The summed E-state index contributed by atoms with van der Waals surface area (Å²) in [4.78, 5) is 2.52. The Balaban J connectivity index is 1.25. The quantitative estimate of drug-likeness (QED) is 0.147. The van der Waals surface area contributed by atoms with Gasteiger partial charge < -0.3 is 4.90 Å². The second-order valence-corrected chi connectivity index (χ2v) is 15.7. The first kappa shape index (κ1) is 34.7. The van der Waals surface area contributed by atoms with Crippen molar-refractivity contribution in [1.29, 1.82) is 0 Å². The van der Waals surface area contributed by atoms with Crippen LogP contribution in [0.5, 0.6) is 0 Å². The van der Waals surface area contributed by atoms with Gasteiger partial charge in [-0.25, -0.2) is 0 Å². The van der Waals surface area contributed by atoms with Gasteiger partial charge in [0.15, 0.2) is 0 Å². The highest BCUT2D eigenvalue weighted by Gasteiger charge is 2.43. The van der Waals surface area contributed by atoms with E-state index in [1.807, 2.05) is 0 Å². The molecule has 0 bridgehead atoms. The Kier molecular flexibility index (Phi) is 8.34. The molecule has 59 heavy (non-hydrogen) atoms. The molecule has 10 aromatic carbocycles. The molecule has 0 heterocycles. The van der Waals surface area contributed by atoms with Crippen LogP contribution in [0, 0.1) is 0 Å². The molecule has 1 nitrogen and oxygen atoms in total. The predicted octanol–water partition coefficient (Wildman–Crippen LogP) is 15.8. The van der Waals surface area contributed by atoms with Gasteiger partial charge in [-0.1, -0.05) is 200 Å². The van der Waals surface area contributed by atoms with E-state index >= 15 is 0 Å². The SMILES string of the molecule is CC1(c2ccccc2)c2ccccc2-c2cccc(N(c3cccc(-c4ccccc4)c3)c3ccc4c(c3)c(-c3ccccc3)c(-c3ccccc3)c3ccccc34)c21. The summed E-state index contributed by atoms with van der Waals surface area (Å²) in [5.74, 6) is 0. The second-order valence-electron chi connectivity index (χ2n) is 15.7. The fourth-order valence-electron chi connectivity index (χ4n) is 9.85. The number of anilines is 3. The first-order valence-electron chi connectivity index (χ1n) is 20.5. The molecule has 1 aliphatic rings. The normalized spacial score (nSPS) is 14.3. The lowest BCUT2D eigenvalue weighted by molar-refractivity contribution is 0.714. The average Bonchev–Trinajstić information content (AvgIpc) is 3.59. The Labute approximate surface area is 346 Å². The standard InChI is InChI=1S/C58H41N/c1-58(44-27-12-5-13-28-44)53-34-17-16-31-49(53)51-33-19-35-54(57(51)58)59(45-29-18-26-43(38-45)40-20-6-2-7-21-40)46-36-37-48-47-30-14-15-32-50(47)55(41-22-8-3-9-23-41)56(52(48)39-46)42-24-10-4-11-25-42/h2-39H,1H3. The van der Waals surface area contributed by atoms with Gasteiger partial charge in [-0.3, -0.25) is 0 Å². The molecular weight excluding hydrogens is 711 g/mol. The molecule has 11 rings (SSSR count). The van der Waals surface area contributed by atoms with Gasteiger partial charge in [-0.2, -0.15) is 0 Å². The van der Waals surface area contributed by atoms with Gasteiger partial charge in [-0.15, -0.1) is 0 Å². The monoisotopic (exact) mass is 751 g/mol. The van der Waals surface area contributed by atoms with E-state index < -0.39 is 5.41 Å². The van der Waals surface area contributed by atoms with Crippen LogP contribution < -0.4 is 4.90 Å². The van der Waals surface area contributed by atoms with Gasteiger partial charge in [0.25, 0.3) is 0 Å². The summed E-state index contributed by atoms with van der Waals surface area (Å²) in [6, 6.07) is 84.6. The molecule has 1 atom stereocenters. The van der Waals surface area contributed by atoms with Gasteiger partial charge in [0.2, 0.25) is 0 Å². The van der Waals surface area contributed by atoms with Crippen molar-refractivity contribution >= 4 is 38.6 Å². The largest absolute Gasteiger partial charge is 0.310 e. The van der Waals surface area contributed by atoms with E-state index in [1.54, 1.807) is 0 Å². The zero-order valence-corrected chi connectivity index (χ0v) is 32.9. The fourth-order valence-corrected chi connectivity index (χ4v) is 9.85. The molecule has 0 saturated heterocycles.